The number of hydrogen-bond acceptors (Lipinski definition) is 1. The Hall–Kier alpha value is -1.18. The molecule has 2 heteroatoms. The lowest BCUT2D eigenvalue weighted by molar-refractivity contribution is -0.117. The van der Waals surface area contributed by atoms with Crippen molar-refractivity contribution in [3.8, 4) is 0 Å². The number of ketones is 1. The zero-order chi connectivity index (χ0) is 9.68. The predicted octanol–water partition coefficient (Wildman–Crippen LogP) is 2.72. The van der Waals surface area contributed by atoms with E-state index in [-0.39, 0.29) is 11.7 Å². The summed E-state index contributed by atoms with van der Waals surface area (Å²) in [7, 11) is 0. The molecular weight excluding hydrogens is 167 g/mol. The molecule has 0 amide bonds. The van der Waals surface area contributed by atoms with E-state index in [9.17, 15) is 9.18 Å². The second-order valence-electron chi connectivity index (χ2n) is 3.17. The van der Waals surface area contributed by atoms with Gasteiger partial charge in [0, 0.05) is 12.3 Å². The van der Waals surface area contributed by atoms with E-state index in [1.807, 2.05) is 30.3 Å². The molecule has 0 fully saturated rings. The van der Waals surface area contributed by atoms with Crippen LogP contribution < -0.4 is 0 Å². The summed E-state index contributed by atoms with van der Waals surface area (Å²) >= 11 is 0. The van der Waals surface area contributed by atoms with Gasteiger partial charge in [-0.15, -0.1) is 0 Å². The molecule has 0 aliphatic rings. The first kappa shape index (κ1) is 9.90. The maximum atomic E-state index is 12.6. The molecule has 13 heavy (non-hydrogen) atoms. The minimum atomic E-state index is -0.469. The Morgan fingerprint density at radius 1 is 1.38 bits per heavy atom. The average molecular weight is 180 g/mol. The number of rotatable bonds is 4. The lowest BCUT2D eigenvalue weighted by Crippen LogP contribution is -2.05. The summed E-state index contributed by atoms with van der Waals surface area (Å²) < 4.78 is 12.6. The second kappa shape index (κ2) is 4.75. The molecule has 0 saturated heterocycles. The van der Waals surface area contributed by atoms with Crippen LogP contribution in [0.2, 0.25) is 0 Å². The largest absolute Gasteiger partial charge is 0.300 e. The van der Waals surface area contributed by atoms with Crippen molar-refractivity contribution >= 4 is 5.78 Å². The molecule has 0 radical (unpaired) electrons. The van der Waals surface area contributed by atoms with Gasteiger partial charge in [-0.25, -0.2) is 0 Å². The quantitative estimate of drug-likeness (QED) is 0.696. The van der Waals surface area contributed by atoms with Gasteiger partial charge in [0.15, 0.2) is 0 Å². The number of halogens is 1. The Labute approximate surface area is 77.6 Å². The molecule has 0 saturated carbocycles. The van der Waals surface area contributed by atoms with Crippen LogP contribution in [0.1, 0.15) is 24.8 Å². The molecule has 0 aliphatic heterocycles. The predicted molar refractivity (Wildman–Crippen MR) is 50.5 cm³/mol. The second-order valence-corrected chi connectivity index (χ2v) is 3.17. The Morgan fingerprint density at radius 3 is 2.46 bits per heavy atom. The minimum Gasteiger partial charge on any atom is -0.300 e. The number of benzene rings is 1. The zero-order valence-electron chi connectivity index (χ0n) is 7.66. The van der Waals surface area contributed by atoms with E-state index in [2.05, 4.69) is 0 Å². The van der Waals surface area contributed by atoms with Crippen molar-refractivity contribution in [3.05, 3.63) is 35.9 Å². The number of carbonyl (C=O) groups excluding carboxylic acids is 1. The maximum Gasteiger partial charge on any atom is 0.130 e. The summed E-state index contributed by atoms with van der Waals surface area (Å²) in [5, 5.41) is 0. The van der Waals surface area contributed by atoms with Crippen molar-refractivity contribution in [2.24, 2.45) is 0 Å². The van der Waals surface area contributed by atoms with Crippen LogP contribution in [-0.4, -0.2) is 12.5 Å². The standard InChI is InChI=1S/C11H13FO/c1-9(13)7-11(8-12)10-5-3-2-4-6-10/h2-6,11H,7-8H2,1H3. The summed E-state index contributed by atoms with van der Waals surface area (Å²) in [5.41, 5.74) is 0.903. The Bertz CT molecular complexity index is 269. The number of hydrogen-bond donors (Lipinski definition) is 0. The third-order valence-electron chi connectivity index (χ3n) is 1.99. The van der Waals surface area contributed by atoms with E-state index in [0.717, 1.165) is 5.56 Å². The van der Waals surface area contributed by atoms with Crippen LogP contribution in [0.25, 0.3) is 0 Å². The first-order valence-corrected chi connectivity index (χ1v) is 4.34. The van der Waals surface area contributed by atoms with Crippen LogP contribution in [-0.2, 0) is 4.79 Å². The third kappa shape index (κ3) is 2.98. The number of alkyl halides is 1. The highest BCUT2D eigenvalue weighted by Gasteiger charge is 2.12. The molecule has 1 aromatic rings. The molecule has 1 unspecified atom stereocenters. The summed E-state index contributed by atoms with van der Waals surface area (Å²) in [6.45, 7) is 1.02. The molecule has 1 nitrogen and oxygen atoms in total. The lowest BCUT2D eigenvalue weighted by atomic mass is 9.95. The van der Waals surface area contributed by atoms with Crippen LogP contribution in [0.3, 0.4) is 0 Å². The fourth-order valence-electron chi connectivity index (χ4n) is 1.33. The monoisotopic (exact) mass is 180 g/mol. The molecule has 0 bridgehead atoms. The van der Waals surface area contributed by atoms with Gasteiger partial charge in [-0.3, -0.25) is 4.39 Å². The first-order valence-electron chi connectivity index (χ1n) is 4.34. The molecule has 70 valence electrons. The van der Waals surface area contributed by atoms with Crippen molar-refractivity contribution < 1.29 is 9.18 Å². The minimum absolute atomic E-state index is 0.0338. The number of carbonyl (C=O) groups is 1. The van der Waals surface area contributed by atoms with E-state index >= 15 is 0 Å². The summed E-state index contributed by atoms with van der Waals surface area (Å²) in [6, 6.07) is 9.31. The average Bonchev–Trinajstić information content (AvgIpc) is 2.15. The summed E-state index contributed by atoms with van der Waals surface area (Å²) in [6.07, 6.45) is 0.292. The van der Waals surface area contributed by atoms with Gasteiger partial charge in [0.1, 0.15) is 5.78 Å². The molecule has 0 aliphatic carbocycles. The fraction of sp³-hybridized carbons (Fsp3) is 0.364. The van der Waals surface area contributed by atoms with Crippen LogP contribution in [0, 0.1) is 0 Å². The lowest BCUT2D eigenvalue weighted by Gasteiger charge is -2.10. The van der Waals surface area contributed by atoms with E-state index in [1.54, 1.807) is 0 Å². The van der Waals surface area contributed by atoms with Crippen LogP contribution in [0.4, 0.5) is 4.39 Å². The van der Waals surface area contributed by atoms with Crippen molar-refractivity contribution in [3.63, 3.8) is 0 Å². The third-order valence-corrected chi connectivity index (χ3v) is 1.99. The molecule has 1 rings (SSSR count). The Kier molecular flexibility index (Phi) is 3.62. The van der Waals surface area contributed by atoms with Crippen molar-refractivity contribution in [1.29, 1.82) is 0 Å². The molecule has 1 aromatic carbocycles. The zero-order valence-corrected chi connectivity index (χ0v) is 7.66. The van der Waals surface area contributed by atoms with Crippen LogP contribution >= 0.6 is 0 Å². The molecule has 1 atom stereocenters. The van der Waals surface area contributed by atoms with E-state index < -0.39 is 6.67 Å². The smallest absolute Gasteiger partial charge is 0.130 e. The molecule has 0 N–H and O–H groups in total. The fourth-order valence-corrected chi connectivity index (χ4v) is 1.33. The van der Waals surface area contributed by atoms with Gasteiger partial charge < -0.3 is 4.79 Å². The molecular formula is C11H13FO. The Morgan fingerprint density at radius 2 is 2.00 bits per heavy atom. The van der Waals surface area contributed by atoms with Gasteiger partial charge in [-0.2, -0.15) is 0 Å². The van der Waals surface area contributed by atoms with Gasteiger partial charge in [0.05, 0.1) is 6.67 Å². The Balaban J connectivity index is 2.73. The molecule has 0 heterocycles. The van der Waals surface area contributed by atoms with Crippen LogP contribution in [0.5, 0.6) is 0 Å². The van der Waals surface area contributed by atoms with Crippen molar-refractivity contribution in [2.45, 2.75) is 19.3 Å². The number of Topliss-reactive ketones (excluding diaryl/α,β-unsaturated/α-hetero) is 1. The van der Waals surface area contributed by atoms with Gasteiger partial charge in [-0.05, 0) is 12.5 Å². The van der Waals surface area contributed by atoms with Gasteiger partial charge in [0.25, 0.3) is 0 Å². The highest BCUT2D eigenvalue weighted by Crippen LogP contribution is 2.19. The first-order chi connectivity index (χ1) is 6.24. The van der Waals surface area contributed by atoms with E-state index in [1.165, 1.54) is 6.92 Å². The summed E-state index contributed by atoms with van der Waals surface area (Å²) in [5.74, 6) is -0.231. The molecule has 0 aromatic heterocycles. The normalized spacial score (nSPS) is 12.5. The van der Waals surface area contributed by atoms with Gasteiger partial charge in [0.2, 0.25) is 0 Å². The van der Waals surface area contributed by atoms with E-state index in [4.69, 9.17) is 0 Å². The summed E-state index contributed by atoms with van der Waals surface area (Å²) in [4.78, 5) is 10.8. The van der Waals surface area contributed by atoms with Gasteiger partial charge in [-0.1, -0.05) is 30.3 Å². The molecule has 0 spiro atoms. The highest BCUT2D eigenvalue weighted by molar-refractivity contribution is 5.76. The van der Waals surface area contributed by atoms with Crippen molar-refractivity contribution in [1.82, 2.24) is 0 Å². The maximum absolute atomic E-state index is 12.6. The van der Waals surface area contributed by atoms with Gasteiger partial charge >= 0.3 is 0 Å². The SMILES string of the molecule is CC(=O)CC(CF)c1ccccc1. The van der Waals surface area contributed by atoms with Crippen molar-refractivity contribution in [2.75, 3.05) is 6.67 Å². The van der Waals surface area contributed by atoms with E-state index in [0.29, 0.717) is 6.42 Å². The highest BCUT2D eigenvalue weighted by atomic mass is 19.1. The topological polar surface area (TPSA) is 17.1 Å². The van der Waals surface area contributed by atoms with Crippen LogP contribution in [0.15, 0.2) is 30.3 Å².